The maximum atomic E-state index is 13.3. The number of nitrogens with zero attached hydrogens (tertiary/aromatic N) is 3. The lowest BCUT2D eigenvalue weighted by Gasteiger charge is -2.11. The van der Waals surface area contributed by atoms with Crippen LogP contribution in [-0.2, 0) is 13.6 Å². The van der Waals surface area contributed by atoms with E-state index in [4.69, 9.17) is 5.11 Å². The molecule has 1 aromatic carbocycles. The Morgan fingerprint density at radius 2 is 1.92 bits per heavy atom. The van der Waals surface area contributed by atoms with E-state index in [9.17, 15) is 23.2 Å². The zero-order chi connectivity index (χ0) is 18.3. The van der Waals surface area contributed by atoms with Gasteiger partial charge in [0.15, 0.2) is 11.6 Å². The van der Waals surface area contributed by atoms with Crippen LogP contribution in [0.1, 0.15) is 16.1 Å². The minimum Gasteiger partial charge on any atom is -0.477 e. The maximum absolute atomic E-state index is 13.3. The number of aromatic nitrogens is 3. The summed E-state index contributed by atoms with van der Waals surface area (Å²) >= 11 is 0. The molecule has 3 aromatic rings. The van der Waals surface area contributed by atoms with Crippen LogP contribution in [0.4, 0.5) is 8.78 Å². The molecular formula is C16H11F2N3O4. The number of fused-ring (bicyclic) bond motifs is 1. The number of hydrogen-bond donors (Lipinski definition) is 1. The smallest absolute Gasteiger partial charge is 0.354 e. The van der Waals surface area contributed by atoms with Gasteiger partial charge in [-0.05, 0) is 23.8 Å². The van der Waals surface area contributed by atoms with Gasteiger partial charge in [-0.25, -0.2) is 23.4 Å². The number of carboxylic acids is 1. The normalized spacial score (nSPS) is 11.0. The number of aryl methyl sites for hydroxylation is 1. The fourth-order valence-corrected chi connectivity index (χ4v) is 2.48. The third-order valence-electron chi connectivity index (χ3n) is 3.78. The molecule has 2 heterocycles. The van der Waals surface area contributed by atoms with Gasteiger partial charge in [0.25, 0.3) is 5.56 Å². The van der Waals surface area contributed by atoms with Gasteiger partial charge in [0.05, 0.1) is 23.6 Å². The standard InChI is InChI=1S/C16H11F2N3O4/c1-20-13-6-19-12(15(23)24)5-9(13)14(22)21(16(20)25)7-8-2-3-10(17)11(18)4-8/h2-6H,7H2,1H3,(H,23,24). The molecule has 0 unspecified atom stereocenters. The second-order valence-electron chi connectivity index (χ2n) is 5.37. The molecule has 0 saturated carbocycles. The van der Waals surface area contributed by atoms with E-state index >= 15 is 0 Å². The van der Waals surface area contributed by atoms with Crippen LogP contribution in [0, 0.1) is 11.6 Å². The molecule has 25 heavy (non-hydrogen) atoms. The summed E-state index contributed by atoms with van der Waals surface area (Å²) in [5, 5.41) is 8.99. The second-order valence-corrected chi connectivity index (χ2v) is 5.37. The summed E-state index contributed by atoms with van der Waals surface area (Å²) in [6, 6.07) is 4.11. The highest BCUT2D eigenvalue weighted by molar-refractivity contribution is 5.90. The van der Waals surface area contributed by atoms with Crippen LogP contribution in [0.5, 0.6) is 0 Å². The highest BCUT2D eigenvalue weighted by Crippen LogP contribution is 2.11. The molecule has 0 aliphatic carbocycles. The number of hydrogen-bond acceptors (Lipinski definition) is 4. The fourth-order valence-electron chi connectivity index (χ4n) is 2.48. The lowest BCUT2D eigenvalue weighted by Crippen LogP contribution is -2.39. The van der Waals surface area contributed by atoms with Gasteiger partial charge in [-0.1, -0.05) is 6.07 Å². The first kappa shape index (κ1) is 16.5. The van der Waals surface area contributed by atoms with Crippen LogP contribution in [0.2, 0.25) is 0 Å². The molecule has 0 aliphatic rings. The van der Waals surface area contributed by atoms with Crippen molar-refractivity contribution in [1.29, 1.82) is 0 Å². The molecule has 2 aromatic heterocycles. The molecule has 0 bridgehead atoms. The highest BCUT2D eigenvalue weighted by Gasteiger charge is 2.15. The predicted octanol–water partition coefficient (Wildman–Crippen LogP) is 1.12. The van der Waals surface area contributed by atoms with E-state index in [-0.39, 0.29) is 28.7 Å². The van der Waals surface area contributed by atoms with Crippen molar-refractivity contribution in [2.24, 2.45) is 7.05 Å². The Kier molecular flexibility index (Phi) is 3.91. The van der Waals surface area contributed by atoms with Crippen molar-refractivity contribution in [2.75, 3.05) is 0 Å². The first-order valence-corrected chi connectivity index (χ1v) is 7.06. The van der Waals surface area contributed by atoms with E-state index in [1.54, 1.807) is 0 Å². The van der Waals surface area contributed by atoms with Gasteiger partial charge in [-0.2, -0.15) is 0 Å². The Balaban J connectivity index is 2.24. The summed E-state index contributed by atoms with van der Waals surface area (Å²) in [7, 11) is 1.40. The van der Waals surface area contributed by atoms with Gasteiger partial charge in [0.2, 0.25) is 0 Å². The number of pyridine rings is 1. The molecule has 7 nitrogen and oxygen atoms in total. The van der Waals surface area contributed by atoms with Crippen LogP contribution in [0.3, 0.4) is 0 Å². The zero-order valence-corrected chi connectivity index (χ0v) is 12.9. The topological polar surface area (TPSA) is 94.2 Å². The van der Waals surface area contributed by atoms with Crippen LogP contribution < -0.4 is 11.2 Å². The lowest BCUT2D eigenvalue weighted by atomic mass is 10.2. The largest absolute Gasteiger partial charge is 0.477 e. The zero-order valence-electron chi connectivity index (χ0n) is 12.9. The van der Waals surface area contributed by atoms with Crippen molar-refractivity contribution < 1.29 is 18.7 Å². The first-order chi connectivity index (χ1) is 11.8. The molecule has 0 fully saturated rings. The van der Waals surface area contributed by atoms with Crippen molar-refractivity contribution in [3.05, 3.63) is 74.2 Å². The van der Waals surface area contributed by atoms with Gasteiger partial charge in [0.1, 0.15) is 5.69 Å². The average Bonchev–Trinajstić information content (AvgIpc) is 2.59. The minimum absolute atomic E-state index is 0.0166. The summed E-state index contributed by atoms with van der Waals surface area (Å²) in [5.41, 5.74) is -1.39. The Hall–Kier alpha value is -3.36. The van der Waals surface area contributed by atoms with Crippen molar-refractivity contribution in [1.82, 2.24) is 14.1 Å². The summed E-state index contributed by atoms with van der Waals surface area (Å²) in [6.45, 7) is -0.288. The van der Waals surface area contributed by atoms with E-state index in [1.807, 2.05) is 0 Å². The molecule has 1 N–H and O–H groups in total. The molecule has 3 rings (SSSR count). The van der Waals surface area contributed by atoms with Crippen molar-refractivity contribution in [2.45, 2.75) is 6.54 Å². The lowest BCUT2D eigenvalue weighted by molar-refractivity contribution is 0.0690. The van der Waals surface area contributed by atoms with E-state index in [0.29, 0.717) is 0 Å². The average molecular weight is 347 g/mol. The van der Waals surface area contributed by atoms with Crippen LogP contribution in [-0.4, -0.2) is 25.2 Å². The number of halogens is 2. The Morgan fingerprint density at radius 3 is 2.56 bits per heavy atom. The van der Waals surface area contributed by atoms with Gasteiger partial charge < -0.3 is 5.11 Å². The molecule has 0 spiro atoms. The molecule has 0 amide bonds. The molecular weight excluding hydrogens is 336 g/mol. The maximum Gasteiger partial charge on any atom is 0.354 e. The Morgan fingerprint density at radius 1 is 1.20 bits per heavy atom. The molecule has 9 heteroatoms. The van der Waals surface area contributed by atoms with E-state index in [0.717, 1.165) is 33.5 Å². The second kappa shape index (κ2) is 5.93. The number of benzene rings is 1. The Bertz CT molecular complexity index is 1130. The minimum atomic E-state index is -1.32. The quantitative estimate of drug-likeness (QED) is 0.766. The summed E-state index contributed by atoms with van der Waals surface area (Å²) in [5.74, 6) is -3.46. The van der Waals surface area contributed by atoms with Crippen molar-refractivity contribution in [3.63, 3.8) is 0 Å². The molecule has 0 saturated heterocycles. The van der Waals surface area contributed by atoms with Gasteiger partial charge in [-0.3, -0.25) is 13.9 Å². The fraction of sp³-hybridized carbons (Fsp3) is 0.125. The van der Waals surface area contributed by atoms with E-state index < -0.39 is 28.9 Å². The predicted molar refractivity (Wildman–Crippen MR) is 83.7 cm³/mol. The van der Waals surface area contributed by atoms with Gasteiger partial charge >= 0.3 is 11.7 Å². The third-order valence-corrected chi connectivity index (χ3v) is 3.78. The van der Waals surface area contributed by atoms with E-state index in [1.165, 1.54) is 13.1 Å². The molecule has 0 radical (unpaired) electrons. The van der Waals surface area contributed by atoms with Crippen LogP contribution >= 0.6 is 0 Å². The number of aromatic carboxylic acids is 1. The van der Waals surface area contributed by atoms with Crippen molar-refractivity contribution >= 4 is 16.9 Å². The summed E-state index contributed by atoms with van der Waals surface area (Å²) in [4.78, 5) is 39.7. The first-order valence-electron chi connectivity index (χ1n) is 7.06. The SMILES string of the molecule is Cn1c(=O)n(Cc2ccc(F)c(F)c2)c(=O)c2cc(C(=O)O)ncc21. The highest BCUT2D eigenvalue weighted by atomic mass is 19.2. The number of carboxylic acid groups (broad SMARTS) is 1. The van der Waals surface area contributed by atoms with Crippen LogP contribution in [0.15, 0.2) is 40.1 Å². The number of rotatable bonds is 3. The molecule has 128 valence electrons. The Labute approximate surface area is 138 Å². The van der Waals surface area contributed by atoms with Crippen LogP contribution in [0.25, 0.3) is 10.9 Å². The third kappa shape index (κ3) is 2.80. The number of carbonyl (C=O) groups is 1. The van der Waals surface area contributed by atoms with Gasteiger partial charge in [-0.15, -0.1) is 0 Å². The summed E-state index contributed by atoms with van der Waals surface area (Å²) < 4.78 is 28.3. The van der Waals surface area contributed by atoms with Gasteiger partial charge in [0, 0.05) is 7.05 Å². The molecule has 0 atom stereocenters. The summed E-state index contributed by atoms with van der Waals surface area (Å²) in [6.07, 6.45) is 1.13. The van der Waals surface area contributed by atoms with Crippen molar-refractivity contribution in [3.8, 4) is 0 Å². The monoisotopic (exact) mass is 347 g/mol. The molecule has 0 aliphatic heterocycles. The van der Waals surface area contributed by atoms with E-state index in [2.05, 4.69) is 4.98 Å².